The summed E-state index contributed by atoms with van der Waals surface area (Å²) in [6.45, 7) is 7.18. The number of aryl methyl sites for hydroxylation is 1. The molecule has 3 aliphatic carbocycles. The molecule has 2 atom stereocenters. The number of methoxy groups -OCH3 is 1. The number of hydrogen-bond donors (Lipinski definition) is 0. The average Bonchev–Trinajstić information content (AvgIpc) is 3.43. The Morgan fingerprint density at radius 2 is 1.80 bits per heavy atom. The van der Waals surface area contributed by atoms with Gasteiger partial charge in [0.15, 0.2) is 0 Å². The molecule has 0 aromatic heterocycles. The standard InChI is InChI=1S/C35H37FO4/c1-5-39-33(37)31-20-35(31)16-14-23-9-10-25(19-30(23)35)40-21-22-8-12-26(28-18-24(38-4)11-13-32(28)36)27(17-22)29-7-6-15-34(29,2)3/h7-13,17-19,31H,5-6,14-16,20-21H2,1-4H3. The van der Waals surface area contributed by atoms with Crippen LogP contribution in [0, 0.1) is 17.2 Å². The Balaban J connectivity index is 1.28. The molecule has 0 radical (unpaired) electrons. The predicted octanol–water partition coefficient (Wildman–Crippen LogP) is 8.05. The van der Waals surface area contributed by atoms with E-state index in [1.54, 1.807) is 19.2 Å². The Morgan fingerprint density at radius 3 is 2.55 bits per heavy atom. The van der Waals surface area contributed by atoms with Gasteiger partial charge in [0.1, 0.15) is 23.9 Å². The molecule has 40 heavy (non-hydrogen) atoms. The number of rotatable bonds is 8. The molecule has 208 valence electrons. The van der Waals surface area contributed by atoms with E-state index in [1.807, 2.05) is 25.1 Å². The van der Waals surface area contributed by atoms with Crippen molar-refractivity contribution in [3.05, 3.63) is 88.7 Å². The fourth-order valence-electron chi connectivity index (χ4n) is 6.86. The van der Waals surface area contributed by atoms with Crippen LogP contribution in [-0.2, 0) is 28.0 Å². The molecule has 0 heterocycles. The Hall–Kier alpha value is -3.60. The van der Waals surface area contributed by atoms with Gasteiger partial charge in [-0.15, -0.1) is 0 Å². The lowest BCUT2D eigenvalue weighted by atomic mass is 9.79. The van der Waals surface area contributed by atoms with E-state index in [0.29, 0.717) is 24.5 Å². The molecule has 0 bridgehead atoms. The Bertz CT molecular complexity index is 1500. The average molecular weight is 541 g/mol. The molecule has 0 N–H and O–H groups in total. The van der Waals surface area contributed by atoms with Crippen molar-refractivity contribution in [1.82, 2.24) is 0 Å². The molecular formula is C35H37FO4. The summed E-state index contributed by atoms with van der Waals surface area (Å²) < 4.78 is 32.1. The predicted molar refractivity (Wildman–Crippen MR) is 155 cm³/mol. The maximum absolute atomic E-state index is 15.1. The third-order valence-electron chi connectivity index (χ3n) is 9.19. The second-order valence-corrected chi connectivity index (χ2v) is 12.0. The van der Waals surface area contributed by atoms with Crippen molar-refractivity contribution in [2.24, 2.45) is 11.3 Å². The van der Waals surface area contributed by atoms with Crippen LogP contribution in [-0.4, -0.2) is 19.7 Å². The van der Waals surface area contributed by atoms with Crippen LogP contribution in [0.5, 0.6) is 11.5 Å². The minimum atomic E-state index is -0.268. The monoisotopic (exact) mass is 540 g/mol. The lowest BCUT2D eigenvalue weighted by molar-refractivity contribution is -0.145. The number of allylic oxidation sites excluding steroid dienone is 2. The number of hydrogen-bond acceptors (Lipinski definition) is 4. The van der Waals surface area contributed by atoms with E-state index in [1.165, 1.54) is 22.8 Å². The summed E-state index contributed by atoms with van der Waals surface area (Å²) in [7, 11) is 1.60. The molecular weight excluding hydrogens is 503 g/mol. The van der Waals surface area contributed by atoms with E-state index < -0.39 is 0 Å². The van der Waals surface area contributed by atoms with E-state index in [9.17, 15) is 4.79 Å². The maximum Gasteiger partial charge on any atom is 0.309 e. The number of carbonyl (C=O) groups is 1. The van der Waals surface area contributed by atoms with Crippen LogP contribution in [0.3, 0.4) is 0 Å². The first-order valence-electron chi connectivity index (χ1n) is 14.4. The third-order valence-corrected chi connectivity index (χ3v) is 9.19. The molecule has 2 unspecified atom stereocenters. The smallest absolute Gasteiger partial charge is 0.309 e. The van der Waals surface area contributed by atoms with Crippen molar-refractivity contribution >= 4 is 11.5 Å². The highest BCUT2D eigenvalue weighted by atomic mass is 19.1. The second-order valence-electron chi connectivity index (χ2n) is 12.0. The van der Waals surface area contributed by atoms with Gasteiger partial charge in [-0.05, 0) is 114 Å². The number of esters is 1. The number of carbonyl (C=O) groups excluding carboxylic acids is 1. The highest BCUT2D eigenvalue weighted by molar-refractivity contribution is 5.85. The lowest BCUT2D eigenvalue weighted by Gasteiger charge is -2.25. The fraction of sp³-hybridized carbons (Fsp3) is 0.400. The normalized spacial score (nSPS) is 22.1. The van der Waals surface area contributed by atoms with E-state index in [4.69, 9.17) is 14.2 Å². The van der Waals surface area contributed by atoms with Crippen molar-refractivity contribution in [2.45, 2.75) is 64.9 Å². The van der Waals surface area contributed by atoms with E-state index in [0.717, 1.165) is 54.5 Å². The van der Waals surface area contributed by atoms with Crippen LogP contribution in [0.2, 0.25) is 0 Å². The number of fused-ring (bicyclic) bond motifs is 2. The molecule has 1 fully saturated rings. The van der Waals surface area contributed by atoms with Crippen molar-refractivity contribution < 1.29 is 23.4 Å². The topological polar surface area (TPSA) is 44.8 Å². The summed E-state index contributed by atoms with van der Waals surface area (Å²) in [6, 6.07) is 17.4. The summed E-state index contributed by atoms with van der Waals surface area (Å²) >= 11 is 0. The zero-order chi connectivity index (χ0) is 28.1. The van der Waals surface area contributed by atoms with Gasteiger partial charge in [-0.1, -0.05) is 38.1 Å². The summed E-state index contributed by atoms with van der Waals surface area (Å²) in [6.07, 6.45) is 7.20. The zero-order valence-electron chi connectivity index (χ0n) is 23.8. The van der Waals surface area contributed by atoms with Crippen LogP contribution in [0.25, 0.3) is 16.7 Å². The summed E-state index contributed by atoms with van der Waals surface area (Å²) in [5, 5.41) is 0. The van der Waals surface area contributed by atoms with Crippen molar-refractivity contribution in [3.8, 4) is 22.6 Å². The molecule has 1 spiro atoms. The second kappa shape index (κ2) is 10.1. The van der Waals surface area contributed by atoms with Crippen LogP contribution in [0.4, 0.5) is 4.39 Å². The fourth-order valence-corrected chi connectivity index (χ4v) is 6.86. The van der Waals surface area contributed by atoms with Crippen LogP contribution < -0.4 is 9.47 Å². The summed E-state index contributed by atoms with van der Waals surface area (Å²) in [4.78, 5) is 12.5. The molecule has 1 saturated carbocycles. The summed E-state index contributed by atoms with van der Waals surface area (Å²) in [5.41, 5.74) is 7.16. The number of benzene rings is 3. The van der Waals surface area contributed by atoms with Crippen molar-refractivity contribution in [2.75, 3.05) is 13.7 Å². The maximum atomic E-state index is 15.1. The van der Waals surface area contributed by atoms with Crippen molar-refractivity contribution in [3.63, 3.8) is 0 Å². The van der Waals surface area contributed by atoms with Gasteiger partial charge in [-0.2, -0.15) is 0 Å². The summed E-state index contributed by atoms with van der Waals surface area (Å²) in [5.74, 6) is 1.05. The molecule has 5 heteroatoms. The largest absolute Gasteiger partial charge is 0.497 e. The van der Waals surface area contributed by atoms with E-state index in [-0.39, 0.29) is 28.5 Å². The van der Waals surface area contributed by atoms with Gasteiger partial charge in [-0.3, -0.25) is 4.79 Å². The van der Waals surface area contributed by atoms with Gasteiger partial charge in [0, 0.05) is 11.0 Å². The first kappa shape index (κ1) is 26.6. The highest BCUT2D eigenvalue weighted by Gasteiger charge is 2.62. The molecule has 4 nitrogen and oxygen atoms in total. The molecule has 0 amide bonds. The van der Waals surface area contributed by atoms with Gasteiger partial charge in [0.05, 0.1) is 19.6 Å². The lowest BCUT2D eigenvalue weighted by Crippen LogP contribution is -2.15. The first-order valence-corrected chi connectivity index (χ1v) is 14.4. The molecule has 3 aliphatic rings. The van der Waals surface area contributed by atoms with E-state index in [2.05, 4.69) is 38.1 Å². The Kier molecular flexibility index (Phi) is 6.72. The van der Waals surface area contributed by atoms with Gasteiger partial charge < -0.3 is 14.2 Å². The van der Waals surface area contributed by atoms with Gasteiger partial charge in [0.25, 0.3) is 0 Å². The van der Waals surface area contributed by atoms with Gasteiger partial charge in [0.2, 0.25) is 0 Å². The minimum Gasteiger partial charge on any atom is -0.497 e. The SMILES string of the molecule is CCOC(=O)C1CC12CCc1ccc(OCc3ccc(-c4cc(OC)ccc4F)c(C4=CCCC4(C)C)c3)cc12. The Morgan fingerprint density at radius 1 is 0.975 bits per heavy atom. The molecule has 6 rings (SSSR count). The molecule has 0 saturated heterocycles. The quantitative estimate of drug-likeness (QED) is 0.271. The van der Waals surface area contributed by atoms with Gasteiger partial charge in [-0.25, -0.2) is 4.39 Å². The van der Waals surface area contributed by atoms with Crippen LogP contribution >= 0.6 is 0 Å². The first-order chi connectivity index (χ1) is 19.3. The molecule has 3 aromatic rings. The van der Waals surface area contributed by atoms with Crippen LogP contribution in [0.15, 0.2) is 60.7 Å². The number of halogens is 1. The van der Waals surface area contributed by atoms with Gasteiger partial charge >= 0.3 is 5.97 Å². The highest BCUT2D eigenvalue weighted by Crippen LogP contribution is 2.62. The molecule has 3 aromatic carbocycles. The van der Waals surface area contributed by atoms with Crippen molar-refractivity contribution in [1.29, 1.82) is 0 Å². The molecule has 0 aliphatic heterocycles. The number of ether oxygens (including phenoxy) is 3. The zero-order valence-corrected chi connectivity index (χ0v) is 23.8. The van der Waals surface area contributed by atoms with Crippen LogP contribution in [0.1, 0.15) is 68.7 Å². The minimum absolute atomic E-state index is 0.00238. The van der Waals surface area contributed by atoms with E-state index >= 15 is 4.39 Å². The Labute approximate surface area is 236 Å². The third kappa shape index (κ3) is 4.59.